The van der Waals surface area contributed by atoms with Gasteiger partial charge in [-0.15, -0.1) is 0 Å². The zero-order chi connectivity index (χ0) is 31.8. The Hall–Kier alpha value is -4.36. The number of methoxy groups -OCH3 is 2. The number of ether oxygens (including phenoxy) is 3. The summed E-state index contributed by atoms with van der Waals surface area (Å²) < 4.78 is 38.8. The summed E-state index contributed by atoms with van der Waals surface area (Å²) in [5, 5.41) is 11.6. The summed E-state index contributed by atoms with van der Waals surface area (Å²) >= 11 is 1.29. The molecule has 2 aromatic carbocycles. The fourth-order valence-electron chi connectivity index (χ4n) is 3.66. The van der Waals surface area contributed by atoms with Crippen LogP contribution < -0.4 is 19.5 Å². The molecule has 0 saturated carbocycles. The highest BCUT2D eigenvalue weighted by atomic mass is 32.2. The minimum atomic E-state index is -1.04. The average Bonchev–Trinajstić information content (AvgIpc) is 3.65. The number of halogens is 1. The van der Waals surface area contributed by atoms with Crippen LogP contribution in [0.1, 0.15) is 37.5 Å². The van der Waals surface area contributed by atoms with E-state index in [4.69, 9.17) is 14.0 Å². The van der Waals surface area contributed by atoms with E-state index in [1.165, 1.54) is 11.9 Å². The third-order valence-electron chi connectivity index (χ3n) is 5.53. The number of rotatable bonds is 13. The molecule has 0 aliphatic heterocycles. The van der Waals surface area contributed by atoms with Crippen LogP contribution in [-0.2, 0) is 33.8 Å². The normalized spacial score (nSPS) is 10.1. The summed E-state index contributed by atoms with van der Waals surface area (Å²) in [6.45, 7) is 9.52. The van der Waals surface area contributed by atoms with Gasteiger partial charge in [-0.25, -0.2) is 4.39 Å². The highest BCUT2D eigenvalue weighted by Gasteiger charge is 2.17. The van der Waals surface area contributed by atoms with Gasteiger partial charge in [-0.05, 0) is 53.8 Å². The Morgan fingerprint density at radius 1 is 1.14 bits per heavy atom. The molecule has 1 amide bonds. The molecule has 13 heteroatoms. The molecule has 0 fully saturated rings. The van der Waals surface area contributed by atoms with Crippen molar-refractivity contribution in [1.82, 2.24) is 20.3 Å². The van der Waals surface area contributed by atoms with Crippen LogP contribution in [0.5, 0.6) is 11.5 Å². The van der Waals surface area contributed by atoms with Crippen LogP contribution in [0.25, 0.3) is 11.0 Å². The molecule has 2 heterocycles. The van der Waals surface area contributed by atoms with Crippen molar-refractivity contribution in [2.75, 3.05) is 32.7 Å². The van der Waals surface area contributed by atoms with Gasteiger partial charge in [-0.3, -0.25) is 14.3 Å². The molecule has 2 N–H and O–H groups in total. The molecule has 11 nitrogen and oxygen atoms in total. The second-order valence-corrected chi connectivity index (χ2v) is 9.41. The van der Waals surface area contributed by atoms with Gasteiger partial charge < -0.3 is 28.8 Å². The van der Waals surface area contributed by atoms with Crippen LogP contribution in [0.4, 0.5) is 10.2 Å². The minimum Gasteiger partial charge on any atom is -0.496 e. The quantitative estimate of drug-likeness (QED) is 0.109. The van der Waals surface area contributed by atoms with Crippen molar-refractivity contribution in [3.05, 3.63) is 71.8 Å². The number of benzene rings is 2. The molecule has 4 aromatic rings. The Balaban J connectivity index is 0.00000121. The number of nitrogens with zero attached hydrogens (tertiary/aromatic N) is 3. The second-order valence-electron chi connectivity index (χ2n) is 8.56. The highest BCUT2D eigenvalue weighted by Crippen LogP contribution is 2.37. The number of nitrogens with one attached hydrogen (secondary N) is 2. The molecule has 43 heavy (non-hydrogen) atoms. The third-order valence-corrected chi connectivity index (χ3v) is 6.36. The summed E-state index contributed by atoms with van der Waals surface area (Å²) in [7, 11) is 4.81. The SMILES string of the molecule is C=C(F)C(=O)NCc1cnn(Cc2cc(OC)c3c(NSc4cc(CC)ccc4OCC=O)noc3c2)c1.CC.COC. The van der Waals surface area contributed by atoms with Gasteiger partial charge in [0, 0.05) is 32.5 Å². The van der Waals surface area contributed by atoms with E-state index in [1.807, 2.05) is 44.2 Å². The van der Waals surface area contributed by atoms with Crippen LogP contribution in [0.15, 0.2) is 64.5 Å². The van der Waals surface area contributed by atoms with Gasteiger partial charge in [0.05, 0.1) is 24.7 Å². The second kappa shape index (κ2) is 18.2. The first-order valence-electron chi connectivity index (χ1n) is 13.5. The van der Waals surface area contributed by atoms with Gasteiger partial charge in [0.1, 0.15) is 23.5 Å². The number of fused-ring (bicyclic) bond motifs is 1. The van der Waals surface area contributed by atoms with E-state index in [1.54, 1.807) is 38.4 Å². The van der Waals surface area contributed by atoms with Crippen molar-refractivity contribution in [2.45, 2.75) is 45.2 Å². The van der Waals surface area contributed by atoms with Gasteiger partial charge in [0.2, 0.25) is 0 Å². The molecular formula is C30H38FN5O6S. The molecule has 4 rings (SSSR count). The number of aryl methyl sites for hydroxylation is 1. The summed E-state index contributed by atoms with van der Waals surface area (Å²) in [4.78, 5) is 22.9. The first kappa shape index (κ1) is 34.8. The number of hydrogen-bond donors (Lipinski definition) is 2. The van der Waals surface area contributed by atoms with Gasteiger partial charge >= 0.3 is 0 Å². The standard InChI is InChI=1S/C26H26FN5O5S.C2H6O.C2H6/c1-4-17-5-6-20(36-8-7-33)23(11-17)38-31-25-24-21(35-3)9-18(10-22(24)37-30-25)14-32-15-19(13-29-32)12-28-26(34)16(2)27;1-3-2;1-2/h5-7,9-11,13,15H,2,4,8,12,14H2,1,3H3,(H,28,34)(H,30,31);1-2H3;1-2H3. The van der Waals surface area contributed by atoms with Gasteiger partial charge in [0.25, 0.3) is 5.91 Å². The summed E-state index contributed by atoms with van der Waals surface area (Å²) in [5.74, 6) is -0.283. The fourth-order valence-corrected chi connectivity index (χ4v) is 4.44. The summed E-state index contributed by atoms with van der Waals surface area (Å²) in [6.07, 6.45) is 4.89. The van der Waals surface area contributed by atoms with Crippen LogP contribution in [0.2, 0.25) is 0 Å². The number of hydrogen-bond acceptors (Lipinski definition) is 10. The Labute approximate surface area is 254 Å². The van der Waals surface area contributed by atoms with Crippen LogP contribution in [-0.4, -0.2) is 55.1 Å². The monoisotopic (exact) mass is 615 g/mol. The summed E-state index contributed by atoms with van der Waals surface area (Å²) in [6, 6.07) is 9.49. The number of carbonyl (C=O) groups is 2. The van der Waals surface area contributed by atoms with Crippen molar-refractivity contribution in [2.24, 2.45) is 0 Å². The lowest BCUT2D eigenvalue weighted by Crippen LogP contribution is -2.22. The number of anilines is 1. The number of aromatic nitrogens is 3. The number of aldehydes is 1. The largest absolute Gasteiger partial charge is 0.496 e. The van der Waals surface area contributed by atoms with Crippen molar-refractivity contribution in [1.29, 1.82) is 0 Å². The molecule has 0 radical (unpaired) electrons. The van der Waals surface area contributed by atoms with Crippen molar-refractivity contribution in [3.8, 4) is 11.5 Å². The Morgan fingerprint density at radius 3 is 2.53 bits per heavy atom. The fraction of sp³-hybridized carbons (Fsp3) is 0.333. The maximum absolute atomic E-state index is 12.8. The highest BCUT2D eigenvalue weighted by molar-refractivity contribution is 8.00. The van der Waals surface area contributed by atoms with Crippen LogP contribution in [0, 0.1) is 0 Å². The Kier molecular flexibility index (Phi) is 14.8. The van der Waals surface area contributed by atoms with E-state index < -0.39 is 11.7 Å². The molecule has 0 aliphatic rings. The lowest BCUT2D eigenvalue weighted by molar-refractivity contribution is -0.119. The average molecular weight is 616 g/mol. The van der Waals surface area contributed by atoms with Crippen molar-refractivity contribution < 1.29 is 32.7 Å². The van der Waals surface area contributed by atoms with E-state index in [2.05, 4.69) is 38.5 Å². The first-order valence-corrected chi connectivity index (χ1v) is 14.3. The molecule has 0 bridgehead atoms. The zero-order valence-electron chi connectivity index (χ0n) is 25.2. The molecule has 0 unspecified atom stereocenters. The zero-order valence-corrected chi connectivity index (χ0v) is 26.0. The van der Waals surface area contributed by atoms with E-state index in [0.717, 1.165) is 22.4 Å². The van der Waals surface area contributed by atoms with E-state index in [9.17, 15) is 14.0 Å². The van der Waals surface area contributed by atoms with Gasteiger partial charge in [0.15, 0.2) is 23.5 Å². The first-order chi connectivity index (χ1) is 20.8. The molecule has 0 atom stereocenters. The Morgan fingerprint density at radius 2 is 1.88 bits per heavy atom. The van der Waals surface area contributed by atoms with E-state index in [0.29, 0.717) is 46.7 Å². The smallest absolute Gasteiger partial charge is 0.279 e. The number of carbonyl (C=O) groups excluding carboxylic acids is 2. The lowest BCUT2D eigenvalue weighted by Gasteiger charge is -2.11. The summed E-state index contributed by atoms with van der Waals surface area (Å²) in [5.41, 5.74) is 3.19. The van der Waals surface area contributed by atoms with Gasteiger partial charge in [-0.1, -0.05) is 38.6 Å². The van der Waals surface area contributed by atoms with Crippen LogP contribution in [0.3, 0.4) is 0 Å². The predicted octanol–water partition coefficient (Wildman–Crippen LogP) is 5.73. The molecular weight excluding hydrogens is 577 g/mol. The van der Waals surface area contributed by atoms with E-state index >= 15 is 0 Å². The van der Waals surface area contributed by atoms with E-state index in [-0.39, 0.29) is 13.2 Å². The number of amides is 1. The topological polar surface area (TPSA) is 130 Å². The predicted molar refractivity (Wildman–Crippen MR) is 165 cm³/mol. The lowest BCUT2D eigenvalue weighted by atomic mass is 10.1. The molecule has 0 aliphatic carbocycles. The molecule has 232 valence electrons. The maximum atomic E-state index is 12.8. The van der Waals surface area contributed by atoms with Crippen molar-refractivity contribution >= 4 is 40.9 Å². The van der Waals surface area contributed by atoms with Crippen LogP contribution >= 0.6 is 11.9 Å². The molecule has 0 saturated heterocycles. The molecule has 2 aromatic heterocycles. The third kappa shape index (κ3) is 10.1. The van der Waals surface area contributed by atoms with Crippen molar-refractivity contribution in [3.63, 3.8) is 0 Å². The minimum absolute atomic E-state index is 0.0394. The maximum Gasteiger partial charge on any atom is 0.279 e. The molecule has 0 spiro atoms. The van der Waals surface area contributed by atoms with Gasteiger partial charge in [-0.2, -0.15) is 5.10 Å². The Bertz CT molecular complexity index is 1490.